The summed E-state index contributed by atoms with van der Waals surface area (Å²) in [5, 5.41) is 0. The average Bonchev–Trinajstić information content (AvgIpc) is 2.79. The van der Waals surface area contributed by atoms with Crippen molar-refractivity contribution in [2.45, 2.75) is 186 Å². The highest BCUT2D eigenvalue weighted by Crippen LogP contribution is 2.07. The Balaban J connectivity index is -0.0000000700. The van der Waals surface area contributed by atoms with E-state index in [4.69, 9.17) is 4.74 Å². The molecule has 0 aromatic heterocycles. The lowest BCUT2D eigenvalue weighted by Crippen LogP contribution is -2.02. The molecule has 0 saturated carbocycles. The van der Waals surface area contributed by atoms with Crippen LogP contribution in [-0.4, -0.2) is 13.7 Å². The summed E-state index contributed by atoms with van der Waals surface area (Å²) in [6.45, 7) is 26.8. The summed E-state index contributed by atoms with van der Waals surface area (Å²) in [6, 6.07) is 0. The molecule has 0 amide bonds. The topological polar surface area (TPSA) is 9.23 Å². The first-order valence-corrected chi connectivity index (χ1v) is 15.0. The summed E-state index contributed by atoms with van der Waals surface area (Å²) in [5.41, 5.74) is 0. The summed E-state index contributed by atoms with van der Waals surface area (Å²) in [4.78, 5) is 0. The number of rotatable bonds is 14. The van der Waals surface area contributed by atoms with Gasteiger partial charge in [0.1, 0.15) is 0 Å². The van der Waals surface area contributed by atoms with Gasteiger partial charge < -0.3 is 4.74 Å². The Morgan fingerprint density at radius 3 is 0.969 bits per heavy atom. The number of unbranched alkanes of at least 4 members (excludes halogenated alkanes) is 10. The van der Waals surface area contributed by atoms with E-state index in [-0.39, 0.29) is 0 Å². The van der Waals surface area contributed by atoms with Gasteiger partial charge in [0, 0.05) is 13.7 Å². The van der Waals surface area contributed by atoms with E-state index >= 15 is 0 Å². The summed E-state index contributed by atoms with van der Waals surface area (Å²) >= 11 is 0. The predicted molar refractivity (Wildman–Crippen MR) is 157 cm³/mol. The molecule has 0 aromatic carbocycles. The van der Waals surface area contributed by atoms with Gasteiger partial charge in [-0.25, -0.2) is 0 Å². The van der Waals surface area contributed by atoms with Gasteiger partial charge in [-0.3, -0.25) is 0 Å². The third kappa shape index (κ3) is 98.6. The Hall–Kier alpha value is -0.0400. The molecule has 0 saturated heterocycles. The maximum Gasteiger partial charge on any atom is 0.0487 e. The van der Waals surface area contributed by atoms with Crippen LogP contribution in [0.5, 0.6) is 0 Å². The molecule has 0 spiro atoms. The second kappa shape index (κ2) is 63.3. The second-order valence-electron chi connectivity index (χ2n) is 8.59. The number of hydrogen-bond acceptors (Lipinski definition) is 1. The molecule has 0 rings (SSSR count). The lowest BCUT2D eigenvalue weighted by Gasteiger charge is -2.07. The third-order valence-corrected chi connectivity index (χ3v) is 4.17. The van der Waals surface area contributed by atoms with Crippen molar-refractivity contribution in [1.29, 1.82) is 0 Å². The Morgan fingerprint density at radius 1 is 0.469 bits per heavy atom. The third-order valence-electron chi connectivity index (χ3n) is 4.17. The molecule has 0 bridgehead atoms. The van der Waals surface area contributed by atoms with Crippen molar-refractivity contribution in [2.24, 2.45) is 5.92 Å². The van der Waals surface area contributed by atoms with E-state index in [1.807, 2.05) is 13.8 Å². The van der Waals surface area contributed by atoms with Crippen LogP contribution in [0.25, 0.3) is 0 Å². The van der Waals surface area contributed by atoms with Crippen LogP contribution in [0, 0.1) is 5.92 Å². The molecule has 0 aliphatic carbocycles. The summed E-state index contributed by atoms with van der Waals surface area (Å²) < 4.78 is 5.00. The fourth-order valence-corrected chi connectivity index (χ4v) is 2.48. The quantitative estimate of drug-likeness (QED) is 0.233. The smallest absolute Gasteiger partial charge is 0.0487 e. The Kier molecular flexibility index (Phi) is 89.9. The zero-order valence-corrected chi connectivity index (χ0v) is 26.0. The van der Waals surface area contributed by atoms with Crippen LogP contribution < -0.4 is 0 Å². The molecule has 1 unspecified atom stereocenters. The zero-order valence-electron chi connectivity index (χ0n) is 26.0. The molecule has 32 heavy (non-hydrogen) atoms. The van der Waals surface area contributed by atoms with Crippen molar-refractivity contribution in [1.82, 2.24) is 0 Å². The van der Waals surface area contributed by atoms with Gasteiger partial charge in [0.25, 0.3) is 0 Å². The molecule has 0 radical (unpaired) electrons. The fourth-order valence-electron chi connectivity index (χ4n) is 2.48. The second-order valence-corrected chi connectivity index (χ2v) is 8.59. The minimum atomic E-state index is 0.745. The van der Waals surface area contributed by atoms with E-state index in [0.717, 1.165) is 12.5 Å². The zero-order chi connectivity index (χ0) is 26.3. The summed E-state index contributed by atoms with van der Waals surface area (Å²) in [7, 11) is 1.77. The molecular formula is C31H74O. The first-order chi connectivity index (χ1) is 15.5. The largest absolute Gasteiger partial charge is 0.384 e. The van der Waals surface area contributed by atoms with Crippen LogP contribution in [0.2, 0.25) is 0 Å². The van der Waals surface area contributed by atoms with Crippen molar-refractivity contribution < 1.29 is 4.74 Å². The molecule has 204 valence electrons. The number of ether oxygens (including phenoxy) is 1. The van der Waals surface area contributed by atoms with E-state index in [1.165, 1.54) is 103 Å². The molecule has 0 aliphatic heterocycles. The van der Waals surface area contributed by atoms with Crippen LogP contribution in [0.15, 0.2) is 0 Å². The van der Waals surface area contributed by atoms with Crippen molar-refractivity contribution in [3.8, 4) is 0 Å². The van der Waals surface area contributed by atoms with Gasteiger partial charge in [0.05, 0.1) is 0 Å². The van der Waals surface area contributed by atoms with Gasteiger partial charge in [-0.1, -0.05) is 179 Å². The van der Waals surface area contributed by atoms with Crippen LogP contribution in [0.3, 0.4) is 0 Å². The average molecular weight is 463 g/mol. The Morgan fingerprint density at radius 2 is 0.750 bits per heavy atom. The minimum Gasteiger partial charge on any atom is -0.384 e. The highest BCUT2D eigenvalue weighted by Gasteiger charge is 1.98. The Labute approximate surface area is 210 Å². The van der Waals surface area contributed by atoms with Gasteiger partial charge in [-0.05, 0) is 12.3 Å². The summed E-state index contributed by atoms with van der Waals surface area (Å²) in [5.74, 6) is 0.745. The SMILES string of the molecule is CC.CCC.CCC.CCCCC.CCCCC(C)COC.CCCCCCCCCC. The molecule has 0 aliphatic rings. The molecule has 0 aromatic rings. The van der Waals surface area contributed by atoms with Crippen molar-refractivity contribution in [3.05, 3.63) is 0 Å². The minimum absolute atomic E-state index is 0.745. The lowest BCUT2D eigenvalue weighted by molar-refractivity contribution is 0.154. The van der Waals surface area contributed by atoms with Crippen molar-refractivity contribution >= 4 is 0 Å². The van der Waals surface area contributed by atoms with Gasteiger partial charge in [0.15, 0.2) is 0 Å². The Bertz CT molecular complexity index is 179. The summed E-state index contributed by atoms with van der Waals surface area (Å²) in [6.07, 6.45) is 22.0. The molecular weight excluding hydrogens is 388 g/mol. The van der Waals surface area contributed by atoms with Crippen LogP contribution in [0.1, 0.15) is 186 Å². The van der Waals surface area contributed by atoms with Crippen LogP contribution in [0.4, 0.5) is 0 Å². The van der Waals surface area contributed by atoms with E-state index in [9.17, 15) is 0 Å². The van der Waals surface area contributed by atoms with Gasteiger partial charge in [0.2, 0.25) is 0 Å². The normalized spacial score (nSPS) is 9.66. The highest BCUT2D eigenvalue weighted by atomic mass is 16.5. The van der Waals surface area contributed by atoms with Crippen molar-refractivity contribution in [2.75, 3.05) is 13.7 Å². The molecule has 0 N–H and O–H groups in total. The molecule has 1 atom stereocenters. The highest BCUT2D eigenvalue weighted by molar-refractivity contribution is 4.49. The van der Waals surface area contributed by atoms with Gasteiger partial charge in [-0.15, -0.1) is 0 Å². The van der Waals surface area contributed by atoms with Gasteiger partial charge >= 0.3 is 0 Å². The van der Waals surface area contributed by atoms with Crippen molar-refractivity contribution in [3.63, 3.8) is 0 Å². The van der Waals surface area contributed by atoms with Crippen LogP contribution in [-0.2, 0) is 4.74 Å². The molecule has 0 heterocycles. The molecule has 1 nitrogen and oxygen atoms in total. The maximum absolute atomic E-state index is 5.00. The molecule has 1 heteroatoms. The number of hydrogen-bond donors (Lipinski definition) is 0. The fraction of sp³-hybridized carbons (Fsp3) is 1.00. The predicted octanol–water partition coefficient (Wildman–Crippen LogP) is 12.7. The van der Waals surface area contributed by atoms with E-state index in [1.54, 1.807) is 7.11 Å². The molecule has 0 fully saturated rings. The monoisotopic (exact) mass is 463 g/mol. The van der Waals surface area contributed by atoms with E-state index in [0.29, 0.717) is 0 Å². The van der Waals surface area contributed by atoms with E-state index in [2.05, 4.69) is 69.2 Å². The first kappa shape index (κ1) is 45.5. The number of methoxy groups -OCH3 is 1. The lowest BCUT2D eigenvalue weighted by atomic mass is 10.1. The first-order valence-electron chi connectivity index (χ1n) is 15.0. The standard InChI is InChI=1S/C10H22.C8H18O.C5H12.2C3H8.C2H6/c1-3-5-7-9-10-8-6-4-2;1-4-5-6-8(2)7-9-3;1-3-5-4-2;2*1-3-2;1-2/h3-10H2,1-2H3;8H,4-7H2,1-3H3;3-5H2,1-2H3;2*3H2,1-2H3;1-2H3. The maximum atomic E-state index is 5.00. The van der Waals surface area contributed by atoms with Crippen LogP contribution >= 0.6 is 0 Å². The van der Waals surface area contributed by atoms with E-state index < -0.39 is 0 Å². The van der Waals surface area contributed by atoms with Gasteiger partial charge in [-0.2, -0.15) is 0 Å².